The molecule has 1 amide bonds. The van der Waals surface area contributed by atoms with E-state index in [0.29, 0.717) is 28.5 Å². The summed E-state index contributed by atoms with van der Waals surface area (Å²) < 4.78 is 15.9. The minimum absolute atomic E-state index is 0.195. The van der Waals surface area contributed by atoms with Gasteiger partial charge in [-0.2, -0.15) is 0 Å². The van der Waals surface area contributed by atoms with Crippen molar-refractivity contribution >= 4 is 17.4 Å². The lowest BCUT2D eigenvalue weighted by Gasteiger charge is -2.28. The Labute approximate surface area is 211 Å². The van der Waals surface area contributed by atoms with Gasteiger partial charge >= 0.3 is 0 Å². The summed E-state index contributed by atoms with van der Waals surface area (Å²) in [4.78, 5) is 32.4. The van der Waals surface area contributed by atoms with Gasteiger partial charge in [-0.15, -0.1) is 0 Å². The van der Waals surface area contributed by atoms with Crippen LogP contribution in [-0.2, 0) is 0 Å². The number of rotatable bonds is 9. The van der Waals surface area contributed by atoms with E-state index in [1.165, 1.54) is 39.2 Å². The molecule has 1 saturated heterocycles. The van der Waals surface area contributed by atoms with E-state index in [4.69, 9.17) is 14.2 Å². The normalized spacial score (nSPS) is 13.1. The molecule has 0 bridgehead atoms. The highest BCUT2D eigenvalue weighted by atomic mass is 16.5. The van der Waals surface area contributed by atoms with E-state index in [-0.39, 0.29) is 18.0 Å². The van der Waals surface area contributed by atoms with E-state index in [2.05, 4.69) is 27.3 Å². The first-order valence-electron chi connectivity index (χ1n) is 12.0. The zero-order valence-corrected chi connectivity index (χ0v) is 20.9. The summed E-state index contributed by atoms with van der Waals surface area (Å²) in [5.74, 6) is 0.823. The van der Waals surface area contributed by atoms with Crippen LogP contribution < -0.4 is 24.4 Å². The lowest BCUT2D eigenvalue weighted by atomic mass is 10.1. The van der Waals surface area contributed by atoms with Crippen LogP contribution in [0.3, 0.4) is 0 Å². The smallest absolute Gasteiger partial charge is 0.251 e. The van der Waals surface area contributed by atoms with Crippen molar-refractivity contribution in [1.82, 2.24) is 10.3 Å². The van der Waals surface area contributed by atoms with E-state index in [9.17, 15) is 9.59 Å². The van der Waals surface area contributed by atoms with Crippen molar-refractivity contribution in [2.24, 2.45) is 0 Å². The molecule has 0 saturated carbocycles. The number of aromatic nitrogens is 1. The van der Waals surface area contributed by atoms with Gasteiger partial charge in [-0.3, -0.25) is 9.59 Å². The summed E-state index contributed by atoms with van der Waals surface area (Å²) in [6.07, 6.45) is 3.71. The first-order valence-corrected chi connectivity index (χ1v) is 12.0. The average molecular weight is 490 g/mol. The first kappa shape index (κ1) is 25.0. The SMILES string of the molecule is COc1ccc(C(=O)NCC(=O)c2ccc(OC)c(-c3ccc(N4CCCCC4)cc3)n2)cc1OC. The van der Waals surface area contributed by atoms with Crippen molar-refractivity contribution in [3.8, 4) is 28.5 Å². The monoisotopic (exact) mass is 489 g/mol. The molecule has 0 unspecified atom stereocenters. The zero-order valence-electron chi connectivity index (χ0n) is 20.9. The lowest BCUT2D eigenvalue weighted by Crippen LogP contribution is -2.30. The number of hydrogen-bond acceptors (Lipinski definition) is 7. The number of ether oxygens (including phenoxy) is 3. The third-order valence-electron chi connectivity index (χ3n) is 6.28. The number of pyridine rings is 1. The van der Waals surface area contributed by atoms with Crippen LogP contribution in [0.4, 0.5) is 5.69 Å². The molecule has 4 rings (SSSR count). The maximum Gasteiger partial charge on any atom is 0.251 e. The fourth-order valence-electron chi connectivity index (χ4n) is 4.29. The van der Waals surface area contributed by atoms with Crippen molar-refractivity contribution < 1.29 is 23.8 Å². The Hall–Kier alpha value is -4.07. The number of carbonyl (C=O) groups is 2. The highest BCUT2D eigenvalue weighted by molar-refractivity contribution is 6.01. The largest absolute Gasteiger partial charge is 0.494 e. The number of methoxy groups -OCH3 is 3. The fraction of sp³-hybridized carbons (Fsp3) is 0.321. The summed E-state index contributed by atoms with van der Waals surface area (Å²) in [5.41, 5.74) is 3.23. The Morgan fingerprint density at radius 1 is 0.833 bits per heavy atom. The number of nitrogens with zero attached hydrogens (tertiary/aromatic N) is 2. The predicted molar refractivity (Wildman–Crippen MR) is 138 cm³/mol. The van der Waals surface area contributed by atoms with Gasteiger partial charge in [0.1, 0.15) is 17.1 Å². The Balaban J connectivity index is 1.47. The van der Waals surface area contributed by atoms with Gasteiger partial charge in [0.05, 0.1) is 27.9 Å². The molecular formula is C28H31N3O5. The predicted octanol–water partition coefficient (Wildman–Crippen LogP) is 4.38. The second-order valence-corrected chi connectivity index (χ2v) is 8.52. The molecule has 8 nitrogen and oxygen atoms in total. The third kappa shape index (κ3) is 5.59. The van der Waals surface area contributed by atoms with Gasteiger partial charge in [0.15, 0.2) is 17.3 Å². The molecule has 1 N–H and O–H groups in total. The molecule has 8 heteroatoms. The topological polar surface area (TPSA) is 90.0 Å². The molecule has 0 radical (unpaired) electrons. The number of anilines is 1. The second-order valence-electron chi connectivity index (χ2n) is 8.52. The Morgan fingerprint density at radius 2 is 1.50 bits per heavy atom. The van der Waals surface area contributed by atoms with Crippen LogP contribution in [-0.4, -0.2) is 57.6 Å². The molecule has 36 heavy (non-hydrogen) atoms. The van der Waals surface area contributed by atoms with E-state index in [0.717, 1.165) is 18.7 Å². The number of piperidine rings is 1. The molecule has 0 atom stereocenters. The standard InChI is InChI=1S/C28H31N3O5/c1-34-24-13-9-20(17-26(24)36-3)28(33)29-18-23(32)22-12-14-25(35-2)27(30-22)19-7-10-21(11-8-19)31-15-5-4-6-16-31/h7-14,17H,4-6,15-16,18H2,1-3H3,(H,29,33). The zero-order chi connectivity index (χ0) is 25.5. The summed E-state index contributed by atoms with van der Waals surface area (Å²) >= 11 is 0. The molecule has 0 spiro atoms. The summed E-state index contributed by atoms with van der Waals surface area (Å²) in [7, 11) is 4.60. The van der Waals surface area contributed by atoms with E-state index in [1.54, 1.807) is 37.4 Å². The van der Waals surface area contributed by atoms with Gasteiger partial charge in [0, 0.05) is 29.9 Å². The average Bonchev–Trinajstić information content (AvgIpc) is 2.95. The van der Waals surface area contributed by atoms with Crippen LogP contribution in [0, 0.1) is 0 Å². The van der Waals surface area contributed by atoms with Gasteiger partial charge in [-0.1, -0.05) is 12.1 Å². The molecular weight excluding hydrogens is 458 g/mol. The lowest BCUT2D eigenvalue weighted by molar-refractivity contribution is 0.0902. The second kappa shape index (κ2) is 11.6. The van der Waals surface area contributed by atoms with Gasteiger partial charge in [0.2, 0.25) is 0 Å². The highest BCUT2D eigenvalue weighted by Gasteiger charge is 2.17. The molecule has 2 heterocycles. The Morgan fingerprint density at radius 3 is 2.17 bits per heavy atom. The molecule has 2 aromatic carbocycles. The van der Waals surface area contributed by atoms with Gasteiger partial charge in [-0.05, 0) is 61.7 Å². The van der Waals surface area contributed by atoms with Crippen LogP contribution >= 0.6 is 0 Å². The minimum atomic E-state index is -0.397. The van der Waals surface area contributed by atoms with Crippen molar-refractivity contribution in [2.45, 2.75) is 19.3 Å². The van der Waals surface area contributed by atoms with Crippen LogP contribution in [0.5, 0.6) is 17.2 Å². The van der Waals surface area contributed by atoms with Crippen molar-refractivity contribution in [3.63, 3.8) is 0 Å². The molecule has 188 valence electrons. The molecule has 1 aliphatic rings. The molecule has 1 fully saturated rings. The van der Waals surface area contributed by atoms with Crippen LogP contribution in [0.1, 0.15) is 40.1 Å². The van der Waals surface area contributed by atoms with E-state index in [1.807, 2.05) is 12.1 Å². The van der Waals surface area contributed by atoms with Gasteiger partial charge in [0.25, 0.3) is 5.91 Å². The van der Waals surface area contributed by atoms with Crippen molar-refractivity contribution in [2.75, 3.05) is 45.9 Å². The van der Waals surface area contributed by atoms with E-state index >= 15 is 0 Å². The van der Waals surface area contributed by atoms with Crippen LogP contribution in [0.25, 0.3) is 11.3 Å². The summed E-state index contributed by atoms with van der Waals surface area (Å²) in [5, 5.41) is 2.66. The van der Waals surface area contributed by atoms with Gasteiger partial charge in [-0.25, -0.2) is 4.98 Å². The molecule has 1 aromatic heterocycles. The molecule has 3 aromatic rings. The number of nitrogens with one attached hydrogen (secondary N) is 1. The highest BCUT2D eigenvalue weighted by Crippen LogP contribution is 2.31. The summed E-state index contributed by atoms with van der Waals surface area (Å²) in [6.45, 7) is 1.94. The molecule has 0 aliphatic carbocycles. The first-order chi connectivity index (χ1) is 17.5. The Bertz CT molecular complexity index is 1220. The van der Waals surface area contributed by atoms with Crippen LogP contribution in [0.15, 0.2) is 54.6 Å². The maximum atomic E-state index is 12.9. The number of ketones is 1. The number of hydrogen-bond donors (Lipinski definition) is 1. The summed E-state index contributed by atoms with van der Waals surface area (Å²) in [6, 6.07) is 16.3. The number of benzene rings is 2. The maximum absolute atomic E-state index is 12.9. The Kier molecular flexibility index (Phi) is 8.05. The number of carbonyl (C=O) groups excluding carboxylic acids is 2. The minimum Gasteiger partial charge on any atom is -0.494 e. The van der Waals surface area contributed by atoms with Gasteiger partial charge < -0.3 is 24.4 Å². The van der Waals surface area contributed by atoms with Crippen LogP contribution in [0.2, 0.25) is 0 Å². The molecule has 1 aliphatic heterocycles. The quantitative estimate of drug-likeness (QED) is 0.446. The van der Waals surface area contributed by atoms with E-state index < -0.39 is 5.91 Å². The van der Waals surface area contributed by atoms with Crippen molar-refractivity contribution in [1.29, 1.82) is 0 Å². The number of amides is 1. The third-order valence-corrected chi connectivity index (χ3v) is 6.28. The number of Topliss-reactive ketones (excluding diaryl/α,β-unsaturated/α-hetero) is 1. The van der Waals surface area contributed by atoms with Crippen molar-refractivity contribution in [3.05, 3.63) is 65.9 Å². The fourth-order valence-corrected chi connectivity index (χ4v) is 4.29.